The molecule has 0 aliphatic carbocycles. The highest BCUT2D eigenvalue weighted by molar-refractivity contribution is 7.89. The molecule has 2 aromatic carbocycles. The Hall–Kier alpha value is -3.01. The fourth-order valence-electron chi connectivity index (χ4n) is 3.74. The third-order valence-corrected chi connectivity index (χ3v) is 7.38. The van der Waals surface area contributed by atoms with Crippen molar-refractivity contribution in [3.05, 3.63) is 66.5 Å². The van der Waals surface area contributed by atoms with E-state index < -0.39 is 21.8 Å². The zero-order valence-electron chi connectivity index (χ0n) is 17.2. The van der Waals surface area contributed by atoms with Gasteiger partial charge in [-0.3, -0.25) is 19.8 Å². The second-order valence-electron chi connectivity index (χ2n) is 7.57. The number of carbonyl (C=O) groups excluding carboxylic acids is 2. The molecule has 4 rings (SSSR count). The van der Waals surface area contributed by atoms with Crippen LogP contribution in [0.3, 0.4) is 0 Å². The summed E-state index contributed by atoms with van der Waals surface area (Å²) in [5.41, 5.74) is 0.402. The first-order chi connectivity index (χ1) is 14.8. The summed E-state index contributed by atoms with van der Waals surface area (Å²) in [4.78, 5) is 26.5. The lowest BCUT2D eigenvalue weighted by Crippen LogP contribution is -2.51. The summed E-state index contributed by atoms with van der Waals surface area (Å²) >= 11 is 0. The van der Waals surface area contributed by atoms with Gasteiger partial charge >= 0.3 is 0 Å². The maximum atomic E-state index is 13.0. The molecule has 2 amide bonds. The number of hydrogen-bond donors (Lipinski definition) is 1. The normalized spacial score (nSPS) is 15.8. The molecule has 0 spiro atoms. The number of fused-ring (bicyclic) bond motifs is 1. The van der Waals surface area contributed by atoms with Crippen molar-refractivity contribution in [1.82, 2.24) is 19.1 Å². The van der Waals surface area contributed by atoms with Crippen molar-refractivity contribution in [2.75, 3.05) is 32.7 Å². The molecule has 2 heterocycles. The van der Waals surface area contributed by atoms with Crippen molar-refractivity contribution in [3.63, 3.8) is 0 Å². The quantitative estimate of drug-likeness (QED) is 0.648. The van der Waals surface area contributed by atoms with Crippen LogP contribution in [0.4, 0.5) is 0 Å². The Morgan fingerprint density at radius 3 is 2.32 bits per heavy atom. The van der Waals surface area contributed by atoms with Gasteiger partial charge in [-0.2, -0.15) is 4.31 Å². The fraction of sp³-hybridized carbons (Fsp3) is 0.273. The van der Waals surface area contributed by atoms with Gasteiger partial charge in [0.15, 0.2) is 0 Å². The van der Waals surface area contributed by atoms with E-state index in [9.17, 15) is 18.0 Å². The number of rotatable bonds is 5. The fourth-order valence-corrected chi connectivity index (χ4v) is 5.19. The van der Waals surface area contributed by atoms with E-state index in [-0.39, 0.29) is 24.5 Å². The Morgan fingerprint density at radius 2 is 1.65 bits per heavy atom. The molecule has 0 bridgehead atoms. The van der Waals surface area contributed by atoms with E-state index in [1.807, 2.05) is 35.2 Å². The van der Waals surface area contributed by atoms with Crippen LogP contribution in [0.5, 0.6) is 0 Å². The number of aryl methyl sites for hydroxylation is 1. The molecule has 1 aliphatic rings. The largest absolute Gasteiger partial charge is 0.347 e. The van der Waals surface area contributed by atoms with Crippen molar-refractivity contribution in [1.29, 1.82) is 0 Å². The predicted molar refractivity (Wildman–Crippen MR) is 117 cm³/mol. The molecule has 3 aromatic rings. The van der Waals surface area contributed by atoms with Crippen LogP contribution in [0.25, 0.3) is 10.8 Å². The Kier molecular flexibility index (Phi) is 5.90. The van der Waals surface area contributed by atoms with E-state index in [1.165, 1.54) is 4.31 Å². The Balaban J connectivity index is 1.34. The zero-order chi connectivity index (χ0) is 22.0. The van der Waals surface area contributed by atoms with Crippen LogP contribution in [0.15, 0.2) is 65.7 Å². The summed E-state index contributed by atoms with van der Waals surface area (Å²) < 4.78 is 29.2. The van der Waals surface area contributed by atoms with Gasteiger partial charge in [-0.05, 0) is 35.0 Å². The highest BCUT2D eigenvalue weighted by Crippen LogP contribution is 2.22. The molecule has 8 nitrogen and oxygen atoms in total. The number of carbonyl (C=O) groups is 2. The number of sulfonamides is 1. The average molecular weight is 441 g/mol. The molecule has 9 heteroatoms. The van der Waals surface area contributed by atoms with Crippen LogP contribution < -0.4 is 5.32 Å². The van der Waals surface area contributed by atoms with Gasteiger partial charge in [-0.25, -0.2) is 8.42 Å². The summed E-state index contributed by atoms with van der Waals surface area (Å²) in [7, 11) is -1.88. The van der Waals surface area contributed by atoms with Gasteiger partial charge in [0.05, 0.1) is 11.4 Å². The maximum Gasteiger partial charge on any atom is 0.274 e. The summed E-state index contributed by atoms with van der Waals surface area (Å²) in [6.07, 6.45) is 1.73. The highest BCUT2D eigenvalue weighted by Gasteiger charge is 2.29. The lowest BCUT2D eigenvalue weighted by atomic mass is 10.1. The molecule has 1 fully saturated rings. The van der Waals surface area contributed by atoms with E-state index in [2.05, 4.69) is 5.32 Å². The number of amides is 2. The molecule has 31 heavy (non-hydrogen) atoms. The van der Waals surface area contributed by atoms with Crippen LogP contribution in [-0.4, -0.2) is 66.7 Å². The van der Waals surface area contributed by atoms with Crippen LogP contribution in [0, 0.1) is 0 Å². The minimum atomic E-state index is -3.61. The van der Waals surface area contributed by atoms with Crippen LogP contribution in [-0.2, 0) is 21.9 Å². The van der Waals surface area contributed by atoms with Crippen LogP contribution in [0.2, 0.25) is 0 Å². The Bertz CT molecular complexity index is 1230. The van der Waals surface area contributed by atoms with Crippen molar-refractivity contribution in [2.24, 2.45) is 7.05 Å². The van der Waals surface area contributed by atoms with Crippen molar-refractivity contribution < 1.29 is 18.0 Å². The first-order valence-corrected chi connectivity index (χ1v) is 11.5. The van der Waals surface area contributed by atoms with Gasteiger partial charge in [0.2, 0.25) is 15.9 Å². The minimum absolute atomic E-state index is 0.0417. The number of nitrogens with zero attached hydrogens (tertiary/aromatic N) is 3. The van der Waals surface area contributed by atoms with Gasteiger partial charge in [0, 0.05) is 39.4 Å². The predicted octanol–water partition coefficient (Wildman–Crippen LogP) is 1.44. The average Bonchev–Trinajstić information content (AvgIpc) is 3.19. The van der Waals surface area contributed by atoms with Crippen molar-refractivity contribution >= 4 is 32.6 Å². The molecular formula is C22H24N4O4S. The topological polar surface area (TPSA) is 91.7 Å². The van der Waals surface area contributed by atoms with E-state index in [0.29, 0.717) is 18.8 Å². The zero-order valence-corrected chi connectivity index (χ0v) is 18.0. The molecule has 1 aromatic heterocycles. The summed E-state index contributed by atoms with van der Waals surface area (Å²) in [5.74, 6) is -0.855. The Labute approximate surface area is 181 Å². The highest BCUT2D eigenvalue weighted by atomic mass is 32.2. The van der Waals surface area contributed by atoms with E-state index in [4.69, 9.17) is 0 Å². The SMILES string of the molecule is Cn1cccc1C(=O)NC(=O)CN1CCN(S(=O)(=O)c2ccc3ccccc3c2)CC1. The van der Waals surface area contributed by atoms with Crippen LogP contribution in [0.1, 0.15) is 10.5 Å². The van der Waals surface area contributed by atoms with E-state index in [1.54, 1.807) is 42.1 Å². The molecule has 1 N–H and O–H groups in total. The van der Waals surface area contributed by atoms with Crippen LogP contribution >= 0.6 is 0 Å². The maximum absolute atomic E-state index is 13.0. The van der Waals surface area contributed by atoms with Gasteiger partial charge in [-0.1, -0.05) is 30.3 Å². The number of aromatic nitrogens is 1. The molecule has 1 aliphatic heterocycles. The standard InChI is InChI=1S/C22H24N4O4S/c1-24-10-4-7-20(24)22(28)23-21(27)16-25-11-13-26(14-12-25)31(29,30)19-9-8-17-5-2-3-6-18(17)15-19/h2-10,15H,11-14,16H2,1H3,(H,23,27,28). The smallest absolute Gasteiger partial charge is 0.274 e. The molecule has 0 saturated carbocycles. The van der Waals surface area contributed by atoms with Gasteiger partial charge in [0.25, 0.3) is 5.91 Å². The minimum Gasteiger partial charge on any atom is -0.347 e. The summed E-state index contributed by atoms with van der Waals surface area (Å²) in [6, 6.07) is 16.1. The number of imide groups is 1. The van der Waals surface area contributed by atoms with Crippen molar-refractivity contribution in [2.45, 2.75) is 4.90 Å². The van der Waals surface area contributed by atoms with Gasteiger partial charge in [-0.15, -0.1) is 0 Å². The first kappa shape index (κ1) is 21.2. The summed E-state index contributed by atoms with van der Waals surface area (Å²) in [6.45, 7) is 1.44. The second kappa shape index (κ2) is 8.62. The van der Waals surface area contributed by atoms with Crippen molar-refractivity contribution in [3.8, 4) is 0 Å². The first-order valence-electron chi connectivity index (χ1n) is 10.0. The molecule has 162 valence electrons. The van der Waals surface area contributed by atoms with E-state index in [0.717, 1.165) is 10.8 Å². The lowest BCUT2D eigenvalue weighted by Gasteiger charge is -2.33. The molecular weight excluding hydrogens is 416 g/mol. The molecule has 1 saturated heterocycles. The third kappa shape index (κ3) is 4.53. The summed E-state index contributed by atoms with van der Waals surface area (Å²) in [5, 5.41) is 4.25. The second-order valence-corrected chi connectivity index (χ2v) is 9.51. The Morgan fingerprint density at radius 1 is 0.935 bits per heavy atom. The monoisotopic (exact) mass is 440 g/mol. The lowest BCUT2D eigenvalue weighted by molar-refractivity contribution is -0.121. The van der Waals surface area contributed by atoms with Gasteiger partial charge in [0.1, 0.15) is 5.69 Å². The number of nitrogens with one attached hydrogen (secondary N) is 1. The third-order valence-electron chi connectivity index (χ3n) is 5.49. The van der Waals surface area contributed by atoms with E-state index >= 15 is 0 Å². The number of benzene rings is 2. The number of piperazine rings is 1. The molecule has 0 unspecified atom stereocenters. The van der Waals surface area contributed by atoms with Gasteiger partial charge < -0.3 is 4.57 Å². The number of hydrogen-bond acceptors (Lipinski definition) is 5. The molecule has 0 atom stereocenters. The molecule has 0 radical (unpaired) electrons.